The van der Waals surface area contributed by atoms with Gasteiger partial charge in [-0.05, 0) is 44.8 Å². The highest BCUT2D eigenvalue weighted by molar-refractivity contribution is 5.78. The van der Waals surface area contributed by atoms with Crippen LogP contribution in [0.2, 0.25) is 0 Å². The highest BCUT2D eigenvalue weighted by Gasteiger charge is 2.10. The van der Waals surface area contributed by atoms with Crippen LogP contribution in [0.25, 0.3) is 0 Å². The molecule has 0 bridgehead atoms. The van der Waals surface area contributed by atoms with E-state index in [0.717, 1.165) is 31.9 Å². The Morgan fingerprint density at radius 3 is 2.74 bits per heavy atom. The molecule has 3 heteroatoms. The van der Waals surface area contributed by atoms with Crippen molar-refractivity contribution >= 4 is 5.90 Å². The minimum Gasteiger partial charge on any atom is -0.480 e. The van der Waals surface area contributed by atoms with E-state index in [4.69, 9.17) is 4.74 Å². The molecule has 2 aliphatic rings. The van der Waals surface area contributed by atoms with Gasteiger partial charge in [0.15, 0.2) is 5.90 Å². The molecular formula is C16H28N2O. The summed E-state index contributed by atoms with van der Waals surface area (Å²) in [5.41, 5.74) is 1.18. The molecule has 19 heavy (non-hydrogen) atoms. The lowest BCUT2D eigenvalue weighted by Gasteiger charge is -2.14. The summed E-state index contributed by atoms with van der Waals surface area (Å²) in [4.78, 5) is 6.85. The predicted molar refractivity (Wildman–Crippen MR) is 82.5 cm³/mol. The molecule has 0 amide bonds. The number of likely N-dealkylation sites (tertiary alicyclic amines) is 1. The number of hydrogen-bond donors (Lipinski definition) is 0. The van der Waals surface area contributed by atoms with Crippen LogP contribution >= 0.6 is 0 Å². The maximum Gasteiger partial charge on any atom is 0.191 e. The van der Waals surface area contributed by atoms with Gasteiger partial charge in [0.2, 0.25) is 0 Å². The Kier molecular flexibility index (Phi) is 8.23. The van der Waals surface area contributed by atoms with E-state index in [2.05, 4.69) is 29.0 Å². The van der Waals surface area contributed by atoms with E-state index in [1.54, 1.807) is 0 Å². The normalized spacial score (nSPS) is 19.1. The monoisotopic (exact) mass is 264 g/mol. The quantitative estimate of drug-likeness (QED) is 0.722. The second kappa shape index (κ2) is 9.79. The lowest BCUT2D eigenvalue weighted by molar-refractivity contribution is 0.252. The molecule has 108 valence electrons. The van der Waals surface area contributed by atoms with Crippen molar-refractivity contribution < 1.29 is 4.74 Å². The summed E-state index contributed by atoms with van der Waals surface area (Å²) >= 11 is 0. The summed E-state index contributed by atoms with van der Waals surface area (Å²) in [6.45, 7) is 10.5. The second-order valence-electron chi connectivity index (χ2n) is 4.75. The lowest BCUT2D eigenvalue weighted by atomic mass is 10.3. The highest BCUT2D eigenvalue weighted by Crippen LogP contribution is 2.08. The topological polar surface area (TPSA) is 24.8 Å². The Balaban J connectivity index is 0.000000861. The van der Waals surface area contributed by atoms with Crippen LogP contribution in [-0.4, -0.2) is 37.0 Å². The molecule has 2 heterocycles. The van der Waals surface area contributed by atoms with Crippen molar-refractivity contribution in [2.45, 2.75) is 46.5 Å². The molecule has 3 nitrogen and oxygen atoms in total. The fraction of sp³-hybridized carbons (Fsp3) is 0.688. The van der Waals surface area contributed by atoms with Crippen LogP contribution in [0.4, 0.5) is 0 Å². The van der Waals surface area contributed by atoms with E-state index in [1.165, 1.54) is 31.5 Å². The molecule has 1 fully saturated rings. The van der Waals surface area contributed by atoms with E-state index < -0.39 is 0 Å². The molecule has 2 rings (SSSR count). The average Bonchev–Trinajstić information content (AvgIpc) is 2.87. The zero-order valence-corrected chi connectivity index (χ0v) is 12.7. The minimum absolute atomic E-state index is 0.788. The molecule has 0 spiro atoms. The highest BCUT2D eigenvalue weighted by atomic mass is 16.5. The van der Waals surface area contributed by atoms with Crippen LogP contribution in [0.5, 0.6) is 0 Å². The maximum absolute atomic E-state index is 5.70. The largest absolute Gasteiger partial charge is 0.480 e. The van der Waals surface area contributed by atoms with Gasteiger partial charge < -0.3 is 9.64 Å². The molecule has 0 aromatic carbocycles. The van der Waals surface area contributed by atoms with Gasteiger partial charge in [-0.15, -0.1) is 0 Å². The summed E-state index contributed by atoms with van der Waals surface area (Å²) in [6.07, 6.45) is 10.7. The molecule has 0 saturated carbocycles. The van der Waals surface area contributed by atoms with Crippen molar-refractivity contribution in [1.29, 1.82) is 0 Å². The smallest absolute Gasteiger partial charge is 0.191 e. The predicted octanol–water partition coefficient (Wildman–Crippen LogP) is 3.78. The summed E-state index contributed by atoms with van der Waals surface area (Å²) in [5, 5.41) is 0. The Morgan fingerprint density at radius 1 is 1.26 bits per heavy atom. The maximum atomic E-state index is 5.70. The number of aliphatic imine (C=N–C) groups is 1. The van der Waals surface area contributed by atoms with Gasteiger partial charge in [0.05, 0.1) is 6.61 Å². The first-order valence-electron chi connectivity index (χ1n) is 7.60. The molecule has 0 aliphatic carbocycles. The second-order valence-corrected chi connectivity index (χ2v) is 4.75. The SMILES string of the molecule is CC.CC1=CN=C(OCCCN2CCCC2)CC=C1. The fourth-order valence-electron chi connectivity index (χ4n) is 2.20. The van der Waals surface area contributed by atoms with Crippen molar-refractivity contribution in [3.8, 4) is 0 Å². The molecule has 2 aliphatic heterocycles. The van der Waals surface area contributed by atoms with Gasteiger partial charge in [-0.1, -0.05) is 26.0 Å². The zero-order valence-electron chi connectivity index (χ0n) is 12.7. The number of rotatable bonds is 4. The average molecular weight is 264 g/mol. The Labute approximate surface area is 118 Å². The van der Waals surface area contributed by atoms with Crippen molar-refractivity contribution in [2.24, 2.45) is 4.99 Å². The number of nitrogens with zero attached hydrogens (tertiary/aromatic N) is 2. The van der Waals surface area contributed by atoms with Crippen LogP contribution in [-0.2, 0) is 4.74 Å². The Morgan fingerprint density at radius 2 is 2.00 bits per heavy atom. The standard InChI is InChI=1S/C14H22N2O.C2H6/c1-13-6-4-7-14(15-12-13)17-11-5-10-16-8-2-3-9-16;1-2/h4,6,12H,2-3,5,7-11H2,1H3;1-2H3. The molecule has 1 saturated heterocycles. The first kappa shape index (κ1) is 16.0. The van der Waals surface area contributed by atoms with Crippen molar-refractivity contribution in [3.63, 3.8) is 0 Å². The molecule has 0 radical (unpaired) electrons. The molecule has 0 aromatic rings. The van der Waals surface area contributed by atoms with Gasteiger partial charge in [-0.25, -0.2) is 4.99 Å². The van der Waals surface area contributed by atoms with Gasteiger partial charge in [-0.3, -0.25) is 0 Å². The third-order valence-electron chi connectivity index (χ3n) is 3.17. The van der Waals surface area contributed by atoms with E-state index in [0.29, 0.717) is 0 Å². The zero-order chi connectivity index (χ0) is 13.9. The van der Waals surface area contributed by atoms with Crippen LogP contribution in [0.3, 0.4) is 0 Å². The van der Waals surface area contributed by atoms with Gasteiger partial charge in [0.1, 0.15) is 0 Å². The van der Waals surface area contributed by atoms with E-state index in [9.17, 15) is 0 Å². The molecule has 0 unspecified atom stereocenters. The third-order valence-corrected chi connectivity index (χ3v) is 3.17. The van der Waals surface area contributed by atoms with Gasteiger partial charge in [0.25, 0.3) is 0 Å². The Hall–Kier alpha value is -1.09. The number of ether oxygens (including phenoxy) is 1. The van der Waals surface area contributed by atoms with Crippen molar-refractivity contribution in [3.05, 3.63) is 23.9 Å². The van der Waals surface area contributed by atoms with Gasteiger partial charge >= 0.3 is 0 Å². The molecule has 0 N–H and O–H groups in total. The van der Waals surface area contributed by atoms with E-state index in [1.807, 2.05) is 20.0 Å². The van der Waals surface area contributed by atoms with Gasteiger partial charge in [0, 0.05) is 19.2 Å². The molecular weight excluding hydrogens is 236 g/mol. The fourth-order valence-corrected chi connectivity index (χ4v) is 2.20. The molecule has 0 atom stereocenters. The van der Waals surface area contributed by atoms with E-state index >= 15 is 0 Å². The van der Waals surface area contributed by atoms with Crippen LogP contribution in [0, 0.1) is 0 Å². The lowest BCUT2D eigenvalue weighted by Crippen LogP contribution is -2.22. The van der Waals surface area contributed by atoms with Crippen molar-refractivity contribution in [2.75, 3.05) is 26.2 Å². The Bertz CT molecular complexity index is 326. The summed E-state index contributed by atoms with van der Waals surface area (Å²) in [5.74, 6) is 0.847. The first-order chi connectivity index (χ1) is 9.34. The van der Waals surface area contributed by atoms with Crippen LogP contribution in [0.15, 0.2) is 28.9 Å². The van der Waals surface area contributed by atoms with Crippen molar-refractivity contribution in [1.82, 2.24) is 4.90 Å². The summed E-state index contributed by atoms with van der Waals surface area (Å²) in [6, 6.07) is 0. The van der Waals surface area contributed by atoms with Crippen LogP contribution < -0.4 is 0 Å². The third kappa shape index (κ3) is 6.58. The minimum atomic E-state index is 0.788. The van der Waals surface area contributed by atoms with Crippen LogP contribution in [0.1, 0.15) is 46.5 Å². The summed E-state index contributed by atoms with van der Waals surface area (Å²) < 4.78 is 5.70. The number of allylic oxidation sites excluding steroid dienone is 2. The van der Waals surface area contributed by atoms with E-state index in [-0.39, 0.29) is 0 Å². The molecule has 0 aromatic heterocycles. The van der Waals surface area contributed by atoms with Gasteiger partial charge in [-0.2, -0.15) is 0 Å². The summed E-state index contributed by atoms with van der Waals surface area (Å²) in [7, 11) is 0. The first-order valence-corrected chi connectivity index (χ1v) is 7.60. The number of hydrogen-bond acceptors (Lipinski definition) is 3.